The van der Waals surface area contributed by atoms with Gasteiger partial charge in [-0.15, -0.1) is 0 Å². The second-order valence-electron chi connectivity index (χ2n) is 4.22. The Morgan fingerprint density at radius 3 is 2.53 bits per heavy atom. The molecule has 90 valence electrons. The summed E-state index contributed by atoms with van der Waals surface area (Å²) in [6, 6.07) is 6.94. The van der Waals surface area contributed by atoms with Crippen LogP contribution in [0.2, 0.25) is 0 Å². The van der Waals surface area contributed by atoms with E-state index in [4.69, 9.17) is 4.42 Å². The van der Waals surface area contributed by atoms with Crippen LogP contribution >= 0.6 is 0 Å². The van der Waals surface area contributed by atoms with Gasteiger partial charge in [0.15, 0.2) is 0 Å². The highest BCUT2D eigenvalue weighted by atomic mass is 19.1. The zero-order valence-corrected chi connectivity index (χ0v) is 10.3. The van der Waals surface area contributed by atoms with Crippen LogP contribution in [0.5, 0.6) is 0 Å². The van der Waals surface area contributed by atoms with Gasteiger partial charge in [0.2, 0.25) is 0 Å². The first-order chi connectivity index (χ1) is 8.11. The topological polar surface area (TPSA) is 25.2 Å². The van der Waals surface area contributed by atoms with E-state index in [0.717, 1.165) is 22.5 Å². The number of hydrogen-bond acceptors (Lipinski definition) is 2. The molecule has 0 aliphatic rings. The third kappa shape index (κ3) is 2.39. The Hall–Kier alpha value is -1.61. The van der Waals surface area contributed by atoms with Crippen molar-refractivity contribution in [2.45, 2.75) is 19.9 Å². The maximum Gasteiger partial charge on any atom is 0.123 e. The molecule has 1 aromatic carbocycles. The SMILES string of the molecule is CNC(c1cc(C)cc(F)c1)c1ccoc1C. The summed E-state index contributed by atoms with van der Waals surface area (Å²) in [7, 11) is 1.86. The number of nitrogens with one attached hydrogen (secondary N) is 1. The Balaban J connectivity index is 2.45. The molecule has 0 fully saturated rings. The summed E-state index contributed by atoms with van der Waals surface area (Å²) in [5.74, 6) is 0.646. The van der Waals surface area contributed by atoms with Gasteiger partial charge in [0, 0.05) is 5.56 Å². The van der Waals surface area contributed by atoms with Gasteiger partial charge in [0.1, 0.15) is 11.6 Å². The van der Waals surface area contributed by atoms with Gasteiger partial charge in [-0.3, -0.25) is 0 Å². The Bertz CT molecular complexity index is 498. The van der Waals surface area contributed by atoms with Crippen LogP contribution in [-0.2, 0) is 0 Å². The molecule has 0 aliphatic heterocycles. The number of benzene rings is 1. The average molecular weight is 233 g/mol. The molecule has 0 aliphatic carbocycles. The van der Waals surface area contributed by atoms with E-state index in [-0.39, 0.29) is 11.9 Å². The molecule has 0 radical (unpaired) electrons. The minimum absolute atomic E-state index is 0.0388. The number of halogens is 1. The molecule has 0 saturated heterocycles. The number of furan rings is 1. The number of rotatable bonds is 3. The molecule has 3 heteroatoms. The predicted octanol–water partition coefficient (Wildman–Crippen LogP) is 3.34. The Labute approximate surface area is 100 Å². The lowest BCUT2D eigenvalue weighted by Crippen LogP contribution is -2.18. The first-order valence-corrected chi connectivity index (χ1v) is 5.60. The predicted molar refractivity (Wildman–Crippen MR) is 65.5 cm³/mol. The lowest BCUT2D eigenvalue weighted by atomic mass is 9.98. The summed E-state index contributed by atoms with van der Waals surface area (Å²) in [6.45, 7) is 3.80. The highest BCUT2D eigenvalue weighted by Gasteiger charge is 2.16. The normalized spacial score (nSPS) is 12.7. The van der Waals surface area contributed by atoms with E-state index in [9.17, 15) is 4.39 Å². The van der Waals surface area contributed by atoms with Gasteiger partial charge >= 0.3 is 0 Å². The van der Waals surface area contributed by atoms with E-state index in [1.165, 1.54) is 6.07 Å². The largest absolute Gasteiger partial charge is 0.469 e. The molecule has 0 amide bonds. The lowest BCUT2D eigenvalue weighted by molar-refractivity contribution is 0.522. The molecule has 1 heterocycles. The van der Waals surface area contributed by atoms with Crippen molar-refractivity contribution < 1.29 is 8.81 Å². The summed E-state index contributed by atoms with van der Waals surface area (Å²) in [5, 5.41) is 3.19. The summed E-state index contributed by atoms with van der Waals surface area (Å²) in [4.78, 5) is 0. The molecular formula is C14H16FNO. The van der Waals surface area contributed by atoms with Gasteiger partial charge in [-0.05, 0) is 50.2 Å². The Morgan fingerprint density at radius 1 is 1.24 bits per heavy atom. The van der Waals surface area contributed by atoms with Crippen molar-refractivity contribution in [3.05, 3.63) is 58.8 Å². The first kappa shape index (κ1) is 11.9. The second kappa shape index (κ2) is 4.72. The monoisotopic (exact) mass is 233 g/mol. The van der Waals surface area contributed by atoms with E-state index >= 15 is 0 Å². The maximum absolute atomic E-state index is 13.4. The maximum atomic E-state index is 13.4. The zero-order chi connectivity index (χ0) is 12.4. The third-order valence-corrected chi connectivity index (χ3v) is 2.90. The zero-order valence-electron chi connectivity index (χ0n) is 10.3. The molecule has 1 N–H and O–H groups in total. The molecule has 2 aromatic rings. The highest BCUT2D eigenvalue weighted by Crippen LogP contribution is 2.26. The Morgan fingerprint density at radius 2 is 2.00 bits per heavy atom. The van der Waals surface area contributed by atoms with Gasteiger partial charge in [-0.1, -0.05) is 6.07 Å². The highest BCUT2D eigenvalue weighted by molar-refractivity contribution is 5.35. The minimum Gasteiger partial charge on any atom is -0.469 e. The van der Waals surface area contributed by atoms with E-state index in [1.54, 1.807) is 12.3 Å². The molecule has 17 heavy (non-hydrogen) atoms. The fourth-order valence-electron chi connectivity index (χ4n) is 2.13. The van der Waals surface area contributed by atoms with Gasteiger partial charge in [-0.25, -0.2) is 4.39 Å². The fraction of sp³-hybridized carbons (Fsp3) is 0.286. The van der Waals surface area contributed by atoms with Crippen molar-refractivity contribution in [2.24, 2.45) is 0 Å². The molecule has 2 nitrogen and oxygen atoms in total. The molecule has 0 spiro atoms. The summed E-state index contributed by atoms with van der Waals surface area (Å²) in [6.07, 6.45) is 1.65. The van der Waals surface area contributed by atoms with Gasteiger partial charge in [-0.2, -0.15) is 0 Å². The molecular weight excluding hydrogens is 217 g/mol. The molecule has 1 aromatic heterocycles. The van der Waals surface area contributed by atoms with Crippen LogP contribution < -0.4 is 5.32 Å². The Kier molecular flexibility index (Phi) is 3.29. The summed E-state index contributed by atoms with van der Waals surface area (Å²) < 4.78 is 18.7. The summed E-state index contributed by atoms with van der Waals surface area (Å²) in [5.41, 5.74) is 2.87. The van der Waals surface area contributed by atoms with Crippen LogP contribution in [-0.4, -0.2) is 7.05 Å². The van der Waals surface area contributed by atoms with Crippen LogP contribution in [0.15, 0.2) is 34.9 Å². The van der Waals surface area contributed by atoms with Crippen LogP contribution in [0.4, 0.5) is 4.39 Å². The van der Waals surface area contributed by atoms with Crippen molar-refractivity contribution in [3.8, 4) is 0 Å². The number of hydrogen-bond donors (Lipinski definition) is 1. The van der Waals surface area contributed by atoms with Crippen LogP contribution in [0.1, 0.15) is 28.5 Å². The quantitative estimate of drug-likeness (QED) is 0.879. The van der Waals surface area contributed by atoms with Crippen molar-refractivity contribution >= 4 is 0 Å². The number of aryl methyl sites for hydroxylation is 2. The van der Waals surface area contributed by atoms with Gasteiger partial charge in [0.25, 0.3) is 0 Å². The first-order valence-electron chi connectivity index (χ1n) is 5.60. The molecule has 1 unspecified atom stereocenters. The van der Waals surface area contributed by atoms with E-state index in [1.807, 2.05) is 33.0 Å². The minimum atomic E-state index is -0.207. The second-order valence-corrected chi connectivity index (χ2v) is 4.22. The van der Waals surface area contributed by atoms with Gasteiger partial charge < -0.3 is 9.73 Å². The van der Waals surface area contributed by atoms with Crippen LogP contribution in [0.3, 0.4) is 0 Å². The lowest BCUT2D eigenvalue weighted by Gasteiger charge is -2.16. The van der Waals surface area contributed by atoms with Crippen LogP contribution in [0.25, 0.3) is 0 Å². The fourth-order valence-corrected chi connectivity index (χ4v) is 2.13. The van der Waals surface area contributed by atoms with Crippen LogP contribution in [0, 0.1) is 19.7 Å². The standard InChI is InChI=1S/C14H16FNO/c1-9-6-11(8-12(15)7-9)14(16-3)13-4-5-17-10(13)2/h4-8,14,16H,1-3H3. The third-order valence-electron chi connectivity index (χ3n) is 2.90. The van der Waals surface area contributed by atoms with Crippen molar-refractivity contribution in [1.29, 1.82) is 0 Å². The smallest absolute Gasteiger partial charge is 0.123 e. The van der Waals surface area contributed by atoms with E-state index < -0.39 is 0 Å². The van der Waals surface area contributed by atoms with Gasteiger partial charge in [0.05, 0.1) is 12.3 Å². The van der Waals surface area contributed by atoms with E-state index in [2.05, 4.69) is 5.32 Å². The molecule has 1 atom stereocenters. The molecule has 2 rings (SSSR count). The molecule has 0 bridgehead atoms. The van der Waals surface area contributed by atoms with Crippen molar-refractivity contribution in [1.82, 2.24) is 5.32 Å². The average Bonchev–Trinajstić information content (AvgIpc) is 2.65. The van der Waals surface area contributed by atoms with Crippen molar-refractivity contribution in [3.63, 3.8) is 0 Å². The summed E-state index contributed by atoms with van der Waals surface area (Å²) >= 11 is 0. The van der Waals surface area contributed by atoms with E-state index in [0.29, 0.717) is 0 Å². The molecule has 0 saturated carbocycles. The van der Waals surface area contributed by atoms with Crippen molar-refractivity contribution in [2.75, 3.05) is 7.05 Å².